The van der Waals surface area contributed by atoms with Crippen molar-refractivity contribution < 1.29 is 9.53 Å². The first-order valence-corrected chi connectivity index (χ1v) is 11.3. The molecule has 2 aromatic heterocycles. The lowest BCUT2D eigenvalue weighted by Gasteiger charge is -2.26. The van der Waals surface area contributed by atoms with E-state index in [4.69, 9.17) is 9.72 Å². The third-order valence-corrected chi connectivity index (χ3v) is 6.14. The largest absolute Gasteiger partial charge is 0.379 e. The van der Waals surface area contributed by atoms with Gasteiger partial charge in [-0.15, -0.1) is 0 Å². The number of hydrogen-bond donors (Lipinski definition) is 2. The predicted molar refractivity (Wildman–Crippen MR) is 124 cm³/mol. The zero-order chi connectivity index (χ0) is 21.8. The van der Waals surface area contributed by atoms with E-state index in [-0.39, 0.29) is 6.04 Å². The Morgan fingerprint density at radius 2 is 2.00 bits per heavy atom. The summed E-state index contributed by atoms with van der Waals surface area (Å²) < 4.78 is 5.43. The van der Waals surface area contributed by atoms with E-state index in [2.05, 4.69) is 49.8 Å². The minimum absolute atomic E-state index is 0.284. The Bertz CT molecular complexity index is 1080. The van der Waals surface area contributed by atoms with E-state index in [1.165, 1.54) is 11.9 Å². The van der Waals surface area contributed by atoms with Crippen molar-refractivity contribution in [1.29, 1.82) is 0 Å². The highest BCUT2D eigenvalue weighted by Gasteiger charge is 2.18. The van der Waals surface area contributed by atoms with Gasteiger partial charge in [0.15, 0.2) is 12.1 Å². The molecule has 0 aliphatic carbocycles. The number of nitrogens with zero attached hydrogens (tertiary/aromatic N) is 4. The lowest BCUT2D eigenvalue weighted by atomic mass is 10.0. The Morgan fingerprint density at radius 1 is 1.16 bits per heavy atom. The third kappa shape index (κ3) is 4.62. The van der Waals surface area contributed by atoms with Crippen LogP contribution in [0.3, 0.4) is 0 Å². The van der Waals surface area contributed by atoms with Crippen LogP contribution in [0.25, 0.3) is 22.3 Å². The van der Waals surface area contributed by atoms with Crippen molar-refractivity contribution in [3.63, 3.8) is 0 Å². The van der Waals surface area contributed by atoms with E-state index in [0.29, 0.717) is 22.4 Å². The van der Waals surface area contributed by atoms with Crippen molar-refractivity contribution in [1.82, 2.24) is 25.2 Å². The molecular formula is C24H28N6O2. The molecule has 4 heterocycles. The van der Waals surface area contributed by atoms with Crippen molar-refractivity contribution in [2.45, 2.75) is 25.4 Å². The molecule has 1 atom stereocenters. The second-order valence-electron chi connectivity index (χ2n) is 8.41. The zero-order valence-electron chi connectivity index (χ0n) is 18.1. The maximum Gasteiger partial charge on any atom is 0.156 e. The van der Waals surface area contributed by atoms with Crippen molar-refractivity contribution in [2.24, 2.45) is 0 Å². The molecule has 32 heavy (non-hydrogen) atoms. The lowest BCUT2D eigenvalue weighted by Crippen LogP contribution is -2.38. The highest BCUT2D eigenvalue weighted by atomic mass is 16.5. The number of fused-ring (bicyclic) bond motifs is 1. The number of pyridine rings is 1. The number of nitrogens with one attached hydrogen (secondary N) is 2. The molecule has 0 bridgehead atoms. The predicted octanol–water partition coefficient (Wildman–Crippen LogP) is 2.50. The van der Waals surface area contributed by atoms with Crippen LogP contribution >= 0.6 is 0 Å². The van der Waals surface area contributed by atoms with Crippen LogP contribution in [0.15, 0.2) is 36.7 Å². The number of aldehydes is 1. The standard InChI is InChI=1S/C24H28N6O2/c31-15-19-12-21(18-5-3-17(4-6-18)14-30-8-10-32-11-9-30)29-23-22(19)26-16-27-24(23)28-20-2-1-7-25-13-20/h3-6,12,15-16,20,25H,1-2,7-11,13-14H2,(H,26,27,28). The van der Waals surface area contributed by atoms with Gasteiger partial charge in [0.1, 0.15) is 17.4 Å². The van der Waals surface area contributed by atoms with Gasteiger partial charge in [0.2, 0.25) is 0 Å². The summed E-state index contributed by atoms with van der Waals surface area (Å²) >= 11 is 0. The van der Waals surface area contributed by atoms with Crippen molar-refractivity contribution in [3.05, 3.63) is 47.8 Å². The molecule has 2 fully saturated rings. The summed E-state index contributed by atoms with van der Waals surface area (Å²) in [5.41, 5.74) is 4.70. The van der Waals surface area contributed by atoms with Crippen LogP contribution in [-0.2, 0) is 11.3 Å². The smallest absolute Gasteiger partial charge is 0.156 e. The first-order valence-electron chi connectivity index (χ1n) is 11.3. The second kappa shape index (κ2) is 9.68. The number of carbonyl (C=O) groups is 1. The molecule has 166 valence electrons. The van der Waals surface area contributed by atoms with Crippen molar-refractivity contribution in [2.75, 3.05) is 44.7 Å². The fourth-order valence-electron chi connectivity index (χ4n) is 4.37. The van der Waals surface area contributed by atoms with E-state index < -0.39 is 0 Å². The van der Waals surface area contributed by atoms with Gasteiger partial charge in [-0.3, -0.25) is 9.69 Å². The molecule has 3 aromatic rings. The SMILES string of the molecule is O=Cc1cc(-c2ccc(CN3CCOCC3)cc2)nc2c(NC3CCCNC3)ncnc12. The average Bonchev–Trinajstić information content (AvgIpc) is 2.85. The van der Waals surface area contributed by atoms with Gasteiger partial charge in [0.05, 0.1) is 18.9 Å². The summed E-state index contributed by atoms with van der Waals surface area (Å²) in [4.78, 5) is 27.9. The molecule has 2 aliphatic rings. The van der Waals surface area contributed by atoms with E-state index in [1.54, 1.807) is 0 Å². The van der Waals surface area contributed by atoms with E-state index in [1.807, 2.05) is 6.07 Å². The Labute approximate surface area is 187 Å². The quantitative estimate of drug-likeness (QED) is 0.574. The van der Waals surface area contributed by atoms with Gasteiger partial charge in [-0.05, 0) is 31.0 Å². The average molecular weight is 433 g/mol. The zero-order valence-corrected chi connectivity index (χ0v) is 18.1. The number of benzene rings is 1. The van der Waals surface area contributed by atoms with Crippen molar-refractivity contribution in [3.8, 4) is 11.3 Å². The molecule has 0 amide bonds. The van der Waals surface area contributed by atoms with Crippen LogP contribution in [0, 0.1) is 0 Å². The number of carbonyl (C=O) groups excluding carboxylic acids is 1. The van der Waals surface area contributed by atoms with Gasteiger partial charge >= 0.3 is 0 Å². The number of ether oxygens (including phenoxy) is 1. The van der Waals surface area contributed by atoms with Crippen LogP contribution in [-0.4, -0.2) is 71.6 Å². The van der Waals surface area contributed by atoms with Crippen LogP contribution in [0.1, 0.15) is 28.8 Å². The summed E-state index contributed by atoms with van der Waals surface area (Å²) in [6.45, 7) is 6.35. The Kier molecular flexibility index (Phi) is 6.34. The van der Waals surface area contributed by atoms with Gasteiger partial charge < -0.3 is 15.4 Å². The van der Waals surface area contributed by atoms with E-state index in [0.717, 1.165) is 76.3 Å². The summed E-state index contributed by atoms with van der Waals surface area (Å²) in [5, 5.41) is 6.91. The maximum absolute atomic E-state index is 11.8. The van der Waals surface area contributed by atoms with Gasteiger partial charge in [-0.2, -0.15) is 0 Å². The van der Waals surface area contributed by atoms with Crippen molar-refractivity contribution >= 4 is 23.1 Å². The first kappa shape index (κ1) is 20.9. The number of anilines is 1. The minimum Gasteiger partial charge on any atom is -0.379 e. The fraction of sp³-hybridized carbons (Fsp3) is 0.417. The highest BCUT2D eigenvalue weighted by molar-refractivity contribution is 5.99. The molecule has 0 radical (unpaired) electrons. The molecule has 2 saturated heterocycles. The second-order valence-corrected chi connectivity index (χ2v) is 8.41. The minimum atomic E-state index is 0.284. The normalized spacial score (nSPS) is 19.7. The summed E-state index contributed by atoms with van der Waals surface area (Å²) in [5.74, 6) is 0.678. The molecule has 1 aromatic carbocycles. The summed E-state index contributed by atoms with van der Waals surface area (Å²) in [6.07, 6.45) is 4.54. The summed E-state index contributed by atoms with van der Waals surface area (Å²) in [7, 11) is 0. The maximum atomic E-state index is 11.8. The Hall–Kier alpha value is -2.94. The molecule has 2 N–H and O–H groups in total. The molecule has 5 rings (SSSR count). The number of piperidine rings is 1. The van der Waals surface area contributed by atoms with E-state index >= 15 is 0 Å². The molecule has 1 unspecified atom stereocenters. The van der Waals surface area contributed by atoms with E-state index in [9.17, 15) is 4.79 Å². The van der Waals surface area contributed by atoms with Gasteiger partial charge in [0.25, 0.3) is 0 Å². The van der Waals surface area contributed by atoms with Gasteiger partial charge in [0, 0.05) is 43.3 Å². The van der Waals surface area contributed by atoms with Gasteiger partial charge in [-0.1, -0.05) is 24.3 Å². The number of hydrogen-bond acceptors (Lipinski definition) is 8. The molecule has 2 aliphatic heterocycles. The lowest BCUT2D eigenvalue weighted by molar-refractivity contribution is 0.0342. The molecular weight excluding hydrogens is 404 g/mol. The van der Waals surface area contributed by atoms with Crippen LogP contribution in [0.2, 0.25) is 0 Å². The Morgan fingerprint density at radius 3 is 2.75 bits per heavy atom. The summed E-state index contributed by atoms with van der Waals surface area (Å²) in [6, 6.07) is 10.5. The van der Waals surface area contributed by atoms with Crippen LogP contribution in [0.4, 0.5) is 5.82 Å². The van der Waals surface area contributed by atoms with Crippen LogP contribution in [0.5, 0.6) is 0 Å². The molecule has 8 heteroatoms. The van der Waals surface area contributed by atoms with Crippen LogP contribution < -0.4 is 10.6 Å². The van der Waals surface area contributed by atoms with Gasteiger partial charge in [-0.25, -0.2) is 15.0 Å². The topological polar surface area (TPSA) is 92.3 Å². The molecule has 0 spiro atoms. The number of rotatable bonds is 6. The number of morpholine rings is 1. The number of aromatic nitrogens is 3. The molecule has 8 nitrogen and oxygen atoms in total. The first-order chi connectivity index (χ1) is 15.8. The Balaban J connectivity index is 1.44. The third-order valence-electron chi connectivity index (χ3n) is 6.14. The monoisotopic (exact) mass is 432 g/mol. The fourth-order valence-corrected chi connectivity index (χ4v) is 4.37. The highest BCUT2D eigenvalue weighted by Crippen LogP contribution is 2.27. The molecule has 0 saturated carbocycles.